The molecule has 2 saturated heterocycles. The van der Waals surface area contributed by atoms with Crippen molar-refractivity contribution < 1.29 is 14.6 Å². The number of allylic oxidation sites excluding steroid dienone is 1. The molecule has 12 unspecified atom stereocenters. The summed E-state index contributed by atoms with van der Waals surface area (Å²) in [7, 11) is 0. The molecule has 0 aromatic heterocycles. The van der Waals surface area contributed by atoms with Crippen molar-refractivity contribution >= 4 is 0 Å². The lowest BCUT2D eigenvalue weighted by molar-refractivity contribution is -0.214. The predicted octanol–water partition coefficient (Wildman–Crippen LogP) is 5.51. The zero-order valence-corrected chi connectivity index (χ0v) is 20.5. The topological polar surface area (TPSA) is 42.0 Å². The van der Waals surface area contributed by atoms with Gasteiger partial charge in [-0.3, -0.25) is 0 Å². The Labute approximate surface area is 193 Å². The van der Waals surface area contributed by atoms with E-state index in [2.05, 4.69) is 34.3 Å². The first-order valence-electron chi connectivity index (χ1n) is 13.9. The molecule has 32 heavy (non-hydrogen) atoms. The van der Waals surface area contributed by atoms with Gasteiger partial charge in [0.25, 0.3) is 0 Å². The minimum Gasteiger partial charge on any atom is -0.393 e. The molecule has 9 aliphatic rings. The number of hydrogen-bond donors (Lipinski definition) is 1. The van der Waals surface area contributed by atoms with E-state index in [1.807, 2.05) is 0 Å². The van der Waals surface area contributed by atoms with E-state index in [0.717, 1.165) is 49.4 Å². The Kier molecular flexibility index (Phi) is 3.35. The van der Waals surface area contributed by atoms with Gasteiger partial charge in [-0.05, 0) is 99.7 Å². The Hall–Kier alpha value is -0.380. The fraction of sp³-hybridized carbons (Fsp3) is 0.931. The van der Waals surface area contributed by atoms with Gasteiger partial charge in [0, 0.05) is 16.7 Å². The van der Waals surface area contributed by atoms with Crippen LogP contribution in [0, 0.1) is 51.8 Å². The normalized spacial score (nSPS) is 66.4. The molecule has 0 aromatic carbocycles. The molecular weight excluding hydrogens is 396 g/mol. The fourth-order valence-corrected chi connectivity index (χ4v) is 12.7. The van der Waals surface area contributed by atoms with Gasteiger partial charge in [-0.25, -0.2) is 0 Å². The molecule has 3 heteroatoms. The third-order valence-electron chi connectivity index (χ3n) is 13.8. The summed E-state index contributed by atoms with van der Waals surface area (Å²) < 4.78 is 14.0. The zero-order chi connectivity index (χ0) is 22.1. The minimum absolute atomic E-state index is 0.0400. The van der Waals surface area contributed by atoms with Gasteiger partial charge in [0.1, 0.15) is 5.60 Å². The highest BCUT2D eigenvalue weighted by Gasteiger charge is 3.00. The maximum atomic E-state index is 10.5. The third-order valence-corrected chi connectivity index (χ3v) is 13.8. The number of aliphatic hydroxyl groups excluding tert-OH is 1. The van der Waals surface area contributed by atoms with Crippen LogP contribution < -0.4 is 0 Å². The quantitative estimate of drug-likeness (QED) is 0.465. The van der Waals surface area contributed by atoms with Crippen LogP contribution in [0.2, 0.25) is 0 Å². The van der Waals surface area contributed by atoms with E-state index in [-0.39, 0.29) is 17.3 Å². The summed E-state index contributed by atoms with van der Waals surface area (Å²) in [6.07, 6.45) is 11.8. The average Bonchev–Trinajstić information content (AvgIpc) is 3.42. The highest BCUT2D eigenvalue weighted by atomic mass is 16.6. The highest BCUT2D eigenvalue weighted by molar-refractivity contribution is 5.47. The lowest BCUT2D eigenvalue weighted by atomic mass is 9.40. The summed E-state index contributed by atoms with van der Waals surface area (Å²) in [5.41, 5.74) is 2.91. The average molecular weight is 439 g/mol. The van der Waals surface area contributed by atoms with Gasteiger partial charge < -0.3 is 14.6 Å². The fourth-order valence-electron chi connectivity index (χ4n) is 12.7. The Morgan fingerprint density at radius 2 is 1.94 bits per heavy atom. The molecule has 176 valence electrons. The molecule has 9 fully saturated rings. The Morgan fingerprint density at radius 3 is 2.72 bits per heavy atom. The lowest BCUT2D eigenvalue weighted by Crippen LogP contribution is -2.67. The maximum Gasteiger partial charge on any atom is 0.105 e. The number of rotatable bonds is 4. The molecule has 0 radical (unpaired) electrons. The van der Waals surface area contributed by atoms with Gasteiger partial charge in [0.15, 0.2) is 0 Å². The van der Waals surface area contributed by atoms with Crippen molar-refractivity contribution in [3.63, 3.8) is 0 Å². The van der Waals surface area contributed by atoms with Crippen LogP contribution >= 0.6 is 0 Å². The van der Waals surface area contributed by atoms with Crippen molar-refractivity contribution in [1.29, 1.82) is 0 Å². The Morgan fingerprint density at radius 1 is 1.12 bits per heavy atom. The van der Waals surface area contributed by atoms with E-state index < -0.39 is 0 Å². The SMILES string of the molecule is C=C(CCC1(C)OC2C3CC1C21CC[C@]24C(C)C25CCC(O)CC5CC2OC24C31)C(C)C. The van der Waals surface area contributed by atoms with Gasteiger partial charge in [0.05, 0.1) is 23.9 Å². The minimum atomic E-state index is -0.0675. The van der Waals surface area contributed by atoms with Gasteiger partial charge in [0.2, 0.25) is 0 Å². The summed E-state index contributed by atoms with van der Waals surface area (Å²) in [6.45, 7) is 13.9. The van der Waals surface area contributed by atoms with Crippen LogP contribution in [0.25, 0.3) is 0 Å². The van der Waals surface area contributed by atoms with Crippen LogP contribution in [0.1, 0.15) is 85.5 Å². The lowest BCUT2D eigenvalue weighted by Gasteiger charge is -2.62. The molecule has 7 aliphatic carbocycles. The van der Waals surface area contributed by atoms with Gasteiger partial charge in [-0.1, -0.05) is 32.9 Å². The first-order valence-corrected chi connectivity index (χ1v) is 13.9. The van der Waals surface area contributed by atoms with Crippen LogP contribution in [0.3, 0.4) is 0 Å². The number of epoxide rings is 1. The molecule has 4 spiro atoms. The summed E-state index contributed by atoms with van der Waals surface area (Å²) in [5.74, 6) is 4.29. The van der Waals surface area contributed by atoms with Crippen LogP contribution in [0.15, 0.2) is 12.2 Å². The van der Waals surface area contributed by atoms with Crippen molar-refractivity contribution in [1.82, 2.24) is 0 Å². The van der Waals surface area contributed by atoms with Crippen molar-refractivity contribution in [3.8, 4) is 0 Å². The van der Waals surface area contributed by atoms with Crippen LogP contribution in [-0.2, 0) is 9.47 Å². The second kappa shape index (κ2) is 5.39. The molecule has 2 aliphatic heterocycles. The summed E-state index contributed by atoms with van der Waals surface area (Å²) in [5, 5.41) is 10.5. The molecular formula is C29H42O3. The van der Waals surface area contributed by atoms with Crippen molar-refractivity contribution in [2.45, 2.75) is 115 Å². The molecule has 0 aromatic rings. The van der Waals surface area contributed by atoms with E-state index in [1.165, 1.54) is 37.7 Å². The second-order valence-corrected chi connectivity index (χ2v) is 14.2. The smallest absolute Gasteiger partial charge is 0.105 e. The number of ether oxygens (including phenoxy) is 2. The van der Waals surface area contributed by atoms with Gasteiger partial charge in [-0.2, -0.15) is 0 Å². The molecule has 3 nitrogen and oxygen atoms in total. The maximum absolute atomic E-state index is 10.5. The number of hydrogen-bond acceptors (Lipinski definition) is 3. The van der Waals surface area contributed by atoms with Crippen molar-refractivity contribution in [2.75, 3.05) is 0 Å². The molecule has 2 heterocycles. The van der Waals surface area contributed by atoms with E-state index in [4.69, 9.17) is 9.47 Å². The monoisotopic (exact) mass is 438 g/mol. The predicted molar refractivity (Wildman–Crippen MR) is 123 cm³/mol. The van der Waals surface area contributed by atoms with Crippen LogP contribution in [0.4, 0.5) is 0 Å². The van der Waals surface area contributed by atoms with Crippen LogP contribution in [-0.4, -0.2) is 34.6 Å². The molecule has 13 atom stereocenters. The molecule has 9 rings (SSSR count). The Bertz CT molecular complexity index is 927. The van der Waals surface area contributed by atoms with Crippen LogP contribution in [0.5, 0.6) is 0 Å². The number of aliphatic hydroxyl groups is 1. The first kappa shape index (κ1) is 19.9. The summed E-state index contributed by atoms with van der Waals surface area (Å²) in [6, 6.07) is 0. The Balaban J connectivity index is 1.13. The molecule has 1 N–H and O–H groups in total. The second-order valence-electron chi connectivity index (χ2n) is 14.2. The standard InChI is InChI=1S/C29H42O3/c1-15(2)16(3)6-8-25(5)21-14-20-23-26(21,24(20)32-25)10-11-28-17(4)27(28)9-7-19(30)12-18(27)13-22-29(23,28)31-22/h15,17-24,30H,3,6-14H2,1-2,4-5H3/t17?,18?,19?,20?,21?,22?,23?,24?,25?,26?,27?,28-,29?/m0/s1. The van der Waals surface area contributed by atoms with Gasteiger partial charge in [-0.15, -0.1) is 0 Å². The summed E-state index contributed by atoms with van der Waals surface area (Å²) >= 11 is 0. The van der Waals surface area contributed by atoms with Gasteiger partial charge >= 0.3 is 0 Å². The van der Waals surface area contributed by atoms with Crippen molar-refractivity contribution in [3.05, 3.63) is 12.2 Å². The largest absolute Gasteiger partial charge is 0.393 e. The van der Waals surface area contributed by atoms with E-state index in [1.54, 1.807) is 0 Å². The van der Waals surface area contributed by atoms with E-state index >= 15 is 0 Å². The molecule has 7 saturated carbocycles. The van der Waals surface area contributed by atoms with E-state index in [9.17, 15) is 5.11 Å². The first-order chi connectivity index (χ1) is 15.2. The van der Waals surface area contributed by atoms with Crippen molar-refractivity contribution in [2.24, 2.45) is 51.8 Å². The molecule has 0 amide bonds. The van der Waals surface area contributed by atoms with E-state index in [0.29, 0.717) is 40.3 Å². The summed E-state index contributed by atoms with van der Waals surface area (Å²) in [4.78, 5) is 0. The zero-order valence-electron chi connectivity index (χ0n) is 20.5. The molecule has 4 bridgehead atoms. The third kappa shape index (κ3) is 1.67. The highest BCUT2D eigenvalue weighted by Crippen LogP contribution is 2.97.